The third-order valence-electron chi connectivity index (χ3n) is 4.31. The molecule has 2 rings (SSSR count). The van der Waals surface area contributed by atoms with Crippen LogP contribution in [0, 0.1) is 5.41 Å². The Bertz CT molecular complexity index is 498. The molecule has 1 aliphatic rings. The van der Waals surface area contributed by atoms with Crippen molar-refractivity contribution >= 4 is 12.0 Å². The van der Waals surface area contributed by atoms with E-state index in [9.17, 15) is 9.59 Å². The van der Waals surface area contributed by atoms with Crippen LogP contribution in [0.15, 0.2) is 30.3 Å². The Morgan fingerprint density at radius 3 is 2.45 bits per heavy atom. The van der Waals surface area contributed by atoms with Crippen molar-refractivity contribution in [2.24, 2.45) is 5.41 Å². The van der Waals surface area contributed by atoms with Crippen LogP contribution in [0.5, 0.6) is 0 Å². The number of aliphatic carboxylic acids is 1. The third-order valence-corrected chi connectivity index (χ3v) is 4.31. The summed E-state index contributed by atoms with van der Waals surface area (Å²) in [5.74, 6) is -0.835. The quantitative estimate of drug-likeness (QED) is 0.646. The molecular formula is C17H24N2O3. The minimum absolute atomic E-state index is 0.0816. The number of amides is 2. The monoisotopic (exact) mass is 304 g/mol. The molecule has 1 aromatic carbocycles. The zero-order valence-corrected chi connectivity index (χ0v) is 12.8. The highest BCUT2D eigenvalue weighted by atomic mass is 16.4. The summed E-state index contributed by atoms with van der Waals surface area (Å²) in [6.07, 6.45) is 5.03. The molecule has 0 radical (unpaired) electrons. The fourth-order valence-electron chi connectivity index (χ4n) is 2.89. The first-order chi connectivity index (χ1) is 10.6. The molecule has 22 heavy (non-hydrogen) atoms. The summed E-state index contributed by atoms with van der Waals surface area (Å²) in [6, 6.07) is 10.2. The molecule has 0 aromatic heterocycles. The van der Waals surface area contributed by atoms with Crippen molar-refractivity contribution in [3.05, 3.63) is 35.9 Å². The van der Waals surface area contributed by atoms with Crippen LogP contribution in [0.25, 0.3) is 0 Å². The fraction of sp³-hybridized carbons (Fsp3) is 0.529. The summed E-state index contributed by atoms with van der Waals surface area (Å²) in [4.78, 5) is 22.2. The Hall–Kier alpha value is -2.04. The number of carboxylic acids is 1. The highest BCUT2D eigenvalue weighted by Crippen LogP contribution is 2.43. The molecule has 0 atom stereocenters. The zero-order valence-electron chi connectivity index (χ0n) is 12.8. The minimum atomic E-state index is -0.835. The summed E-state index contributed by atoms with van der Waals surface area (Å²) in [5.41, 5.74) is 1.49. The normalized spacial score (nSPS) is 15.6. The lowest BCUT2D eigenvalue weighted by atomic mass is 9.65. The van der Waals surface area contributed by atoms with Crippen molar-refractivity contribution in [3.8, 4) is 0 Å². The Morgan fingerprint density at radius 1 is 1.14 bits per heavy atom. The summed E-state index contributed by atoms with van der Waals surface area (Å²) >= 11 is 0. The van der Waals surface area contributed by atoms with Gasteiger partial charge in [0, 0.05) is 19.5 Å². The van der Waals surface area contributed by atoms with Crippen LogP contribution in [0.4, 0.5) is 4.79 Å². The molecule has 0 bridgehead atoms. The average Bonchev–Trinajstić information content (AvgIpc) is 2.47. The van der Waals surface area contributed by atoms with Gasteiger partial charge in [-0.3, -0.25) is 4.79 Å². The van der Waals surface area contributed by atoms with E-state index in [0.29, 0.717) is 19.5 Å². The van der Waals surface area contributed by atoms with Crippen LogP contribution in [0.1, 0.15) is 37.7 Å². The molecule has 1 fully saturated rings. The van der Waals surface area contributed by atoms with Gasteiger partial charge in [-0.1, -0.05) is 36.8 Å². The number of nitrogens with one attached hydrogen (secondary N) is 2. The molecule has 5 nitrogen and oxygen atoms in total. The van der Waals surface area contributed by atoms with Gasteiger partial charge in [-0.15, -0.1) is 0 Å². The number of urea groups is 1. The van der Waals surface area contributed by atoms with Gasteiger partial charge in [0.25, 0.3) is 0 Å². The number of carboxylic acid groups (broad SMARTS) is 1. The number of carbonyl (C=O) groups excluding carboxylic acids is 1. The van der Waals surface area contributed by atoms with Crippen molar-refractivity contribution in [1.29, 1.82) is 0 Å². The van der Waals surface area contributed by atoms with Gasteiger partial charge in [-0.05, 0) is 36.7 Å². The molecule has 2 amide bonds. The number of hydrogen-bond donors (Lipinski definition) is 3. The number of benzene rings is 1. The Morgan fingerprint density at radius 2 is 1.86 bits per heavy atom. The molecule has 0 heterocycles. The maximum Gasteiger partial charge on any atom is 0.314 e. The average molecular weight is 304 g/mol. The third kappa shape index (κ3) is 5.06. The van der Waals surface area contributed by atoms with Crippen molar-refractivity contribution in [1.82, 2.24) is 10.6 Å². The summed E-state index contributed by atoms with van der Waals surface area (Å²) < 4.78 is 0. The summed E-state index contributed by atoms with van der Waals surface area (Å²) in [6.45, 7) is 1.07. The number of carbonyl (C=O) groups is 2. The summed E-state index contributed by atoms with van der Waals surface area (Å²) in [7, 11) is 0. The molecule has 0 unspecified atom stereocenters. The lowest BCUT2D eigenvalue weighted by Crippen LogP contribution is -2.46. The molecule has 5 heteroatoms. The standard InChI is InChI=1S/C17H24N2O3/c20-15(21)8-4-11-18-16(22)19-13-17(9-5-10-17)12-14-6-2-1-3-7-14/h1-3,6-7H,4-5,8-13H2,(H,20,21)(H2,18,19,22). The van der Waals surface area contributed by atoms with Crippen LogP contribution in [-0.4, -0.2) is 30.2 Å². The van der Waals surface area contributed by atoms with Crippen LogP contribution < -0.4 is 10.6 Å². The van der Waals surface area contributed by atoms with Gasteiger partial charge in [0.1, 0.15) is 0 Å². The molecule has 3 N–H and O–H groups in total. The smallest absolute Gasteiger partial charge is 0.314 e. The van der Waals surface area contributed by atoms with Crippen LogP contribution in [0.2, 0.25) is 0 Å². The van der Waals surface area contributed by atoms with Gasteiger partial charge in [-0.25, -0.2) is 4.79 Å². The van der Waals surface area contributed by atoms with Crippen molar-refractivity contribution < 1.29 is 14.7 Å². The molecule has 0 spiro atoms. The largest absolute Gasteiger partial charge is 0.481 e. The minimum Gasteiger partial charge on any atom is -0.481 e. The van der Waals surface area contributed by atoms with Gasteiger partial charge in [0.2, 0.25) is 0 Å². The molecule has 1 aliphatic carbocycles. The Balaban J connectivity index is 1.71. The lowest BCUT2D eigenvalue weighted by Gasteiger charge is -2.42. The van der Waals surface area contributed by atoms with Crippen molar-refractivity contribution in [2.45, 2.75) is 38.5 Å². The molecular weight excluding hydrogens is 280 g/mol. The second kappa shape index (κ2) is 7.82. The molecule has 1 aromatic rings. The first-order valence-corrected chi connectivity index (χ1v) is 7.87. The SMILES string of the molecule is O=C(O)CCCNC(=O)NCC1(Cc2ccccc2)CCC1. The van der Waals surface area contributed by atoms with E-state index in [4.69, 9.17) is 5.11 Å². The van der Waals surface area contributed by atoms with Gasteiger partial charge < -0.3 is 15.7 Å². The first-order valence-electron chi connectivity index (χ1n) is 7.87. The molecule has 0 aliphatic heterocycles. The van der Waals surface area contributed by atoms with Gasteiger partial charge in [0.15, 0.2) is 0 Å². The van der Waals surface area contributed by atoms with Gasteiger partial charge >= 0.3 is 12.0 Å². The molecule has 0 saturated heterocycles. The van der Waals surface area contributed by atoms with E-state index in [0.717, 1.165) is 19.3 Å². The predicted molar refractivity (Wildman–Crippen MR) is 84.7 cm³/mol. The Kier molecular flexibility index (Phi) is 5.81. The second-order valence-corrected chi connectivity index (χ2v) is 6.12. The fourth-order valence-corrected chi connectivity index (χ4v) is 2.89. The van der Waals surface area contributed by atoms with Crippen LogP contribution >= 0.6 is 0 Å². The van der Waals surface area contributed by atoms with E-state index in [1.54, 1.807) is 0 Å². The zero-order chi connectivity index (χ0) is 15.8. The first kappa shape index (κ1) is 16.3. The molecule has 120 valence electrons. The van der Waals surface area contributed by atoms with E-state index < -0.39 is 5.97 Å². The van der Waals surface area contributed by atoms with E-state index >= 15 is 0 Å². The van der Waals surface area contributed by atoms with Gasteiger partial charge in [0.05, 0.1) is 0 Å². The summed E-state index contributed by atoms with van der Waals surface area (Å²) in [5, 5.41) is 14.2. The number of rotatable bonds is 8. The predicted octanol–water partition coefficient (Wildman–Crippen LogP) is 2.56. The maximum atomic E-state index is 11.8. The van der Waals surface area contributed by atoms with Gasteiger partial charge in [-0.2, -0.15) is 0 Å². The maximum absolute atomic E-state index is 11.8. The van der Waals surface area contributed by atoms with Crippen LogP contribution in [-0.2, 0) is 11.2 Å². The van der Waals surface area contributed by atoms with E-state index in [1.165, 1.54) is 12.0 Å². The van der Waals surface area contributed by atoms with E-state index in [1.807, 2.05) is 18.2 Å². The van der Waals surface area contributed by atoms with E-state index in [2.05, 4.69) is 22.8 Å². The lowest BCUT2D eigenvalue weighted by molar-refractivity contribution is -0.137. The highest BCUT2D eigenvalue weighted by Gasteiger charge is 2.37. The molecule has 1 saturated carbocycles. The van der Waals surface area contributed by atoms with E-state index in [-0.39, 0.29) is 17.9 Å². The number of hydrogen-bond acceptors (Lipinski definition) is 2. The second-order valence-electron chi connectivity index (χ2n) is 6.12. The van der Waals surface area contributed by atoms with Crippen molar-refractivity contribution in [2.75, 3.05) is 13.1 Å². The van der Waals surface area contributed by atoms with Crippen LogP contribution in [0.3, 0.4) is 0 Å². The van der Waals surface area contributed by atoms with Crippen molar-refractivity contribution in [3.63, 3.8) is 0 Å². The highest BCUT2D eigenvalue weighted by molar-refractivity contribution is 5.74. The topological polar surface area (TPSA) is 78.4 Å². The Labute approximate surface area is 131 Å².